The Morgan fingerprint density at radius 1 is 1.32 bits per heavy atom. The van der Waals surface area contributed by atoms with Crippen molar-refractivity contribution in [3.63, 3.8) is 0 Å². The Hall–Kier alpha value is -1.88. The third-order valence-electron chi connectivity index (χ3n) is 4.03. The van der Waals surface area contributed by atoms with Gasteiger partial charge >= 0.3 is 5.97 Å². The highest BCUT2D eigenvalue weighted by atomic mass is 16.5. The SMILES string of the molecule is CC(C)C1OCCC1C(=O)N[C@H](Cc1ccccc1)C(=O)O. The molecule has 1 fully saturated rings. The zero-order valence-electron chi connectivity index (χ0n) is 13.0. The Morgan fingerprint density at radius 3 is 2.59 bits per heavy atom. The molecule has 0 radical (unpaired) electrons. The lowest BCUT2D eigenvalue weighted by Crippen LogP contribution is -2.47. The molecular weight excluding hydrogens is 282 g/mol. The monoisotopic (exact) mass is 305 g/mol. The molecule has 1 aromatic rings. The fraction of sp³-hybridized carbons (Fsp3) is 0.529. The van der Waals surface area contributed by atoms with E-state index in [0.29, 0.717) is 13.0 Å². The summed E-state index contributed by atoms with van der Waals surface area (Å²) in [7, 11) is 0. The molecular formula is C17H23NO4. The molecule has 1 aliphatic rings. The van der Waals surface area contributed by atoms with Crippen LogP contribution in [0.5, 0.6) is 0 Å². The minimum Gasteiger partial charge on any atom is -0.480 e. The Balaban J connectivity index is 2.01. The van der Waals surface area contributed by atoms with E-state index in [0.717, 1.165) is 5.56 Å². The lowest BCUT2D eigenvalue weighted by molar-refractivity contribution is -0.143. The number of nitrogens with one attached hydrogen (secondary N) is 1. The summed E-state index contributed by atoms with van der Waals surface area (Å²) in [6.45, 7) is 4.57. The van der Waals surface area contributed by atoms with Gasteiger partial charge in [-0.1, -0.05) is 44.2 Å². The van der Waals surface area contributed by atoms with Crippen LogP contribution in [0.3, 0.4) is 0 Å². The van der Waals surface area contributed by atoms with Gasteiger partial charge in [-0.05, 0) is 17.9 Å². The van der Waals surface area contributed by atoms with E-state index in [-0.39, 0.29) is 30.3 Å². The molecule has 120 valence electrons. The Labute approximate surface area is 130 Å². The van der Waals surface area contributed by atoms with Crippen LogP contribution >= 0.6 is 0 Å². The van der Waals surface area contributed by atoms with E-state index in [1.165, 1.54) is 0 Å². The van der Waals surface area contributed by atoms with Crippen LogP contribution in [-0.4, -0.2) is 35.7 Å². The number of aliphatic carboxylic acids is 1. The molecule has 0 aliphatic carbocycles. The lowest BCUT2D eigenvalue weighted by atomic mass is 9.92. The fourth-order valence-corrected chi connectivity index (χ4v) is 2.88. The average Bonchev–Trinajstić information content (AvgIpc) is 2.97. The summed E-state index contributed by atoms with van der Waals surface area (Å²) in [5, 5.41) is 12.0. The van der Waals surface area contributed by atoms with E-state index in [9.17, 15) is 14.7 Å². The van der Waals surface area contributed by atoms with Crippen LogP contribution in [0.1, 0.15) is 25.8 Å². The highest BCUT2D eigenvalue weighted by Gasteiger charge is 2.37. The molecule has 1 heterocycles. The second-order valence-corrected chi connectivity index (χ2v) is 6.06. The van der Waals surface area contributed by atoms with Gasteiger partial charge in [0.2, 0.25) is 5.91 Å². The van der Waals surface area contributed by atoms with E-state index in [2.05, 4.69) is 5.32 Å². The number of carbonyl (C=O) groups excluding carboxylic acids is 1. The van der Waals surface area contributed by atoms with Gasteiger partial charge in [-0.2, -0.15) is 0 Å². The molecule has 0 saturated carbocycles. The number of amides is 1. The van der Waals surface area contributed by atoms with E-state index >= 15 is 0 Å². The van der Waals surface area contributed by atoms with Crippen LogP contribution in [0.25, 0.3) is 0 Å². The molecule has 0 bridgehead atoms. The van der Waals surface area contributed by atoms with Gasteiger partial charge in [0.05, 0.1) is 12.0 Å². The van der Waals surface area contributed by atoms with Crippen molar-refractivity contribution in [3.8, 4) is 0 Å². The standard InChI is InChI=1S/C17H23NO4/c1-11(2)15-13(8-9-22-15)16(19)18-14(17(20)21)10-12-6-4-3-5-7-12/h3-7,11,13-15H,8-10H2,1-2H3,(H,18,19)(H,20,21)/t13?,14-,15?/m1/s1. The molecule has 5 heteroatoms. The minimum absolute atomic E-state index is 0.133. The van der Waals surface area contributed by atoms with Gasteiger partial charge < -0.3 is 15.2 Å². The van der Waals surface area contributed by atoms with Gasteiger partial charge in [0.1, 0.15) is 6.04 Å². The second kappa shape index (κ2) is 7.40. The van der Waals surface area contributed by atoms with Crippen molar-refractivity contribution < 1.29 is 19.4 Å². The Kier molecular flexibility index (Phi) is 5.55. The van der Waals surface area contributed by atoms with Crippen molar-refractivity contribution in [1.29, 1.82) is 0 Å². The van der Waals surface area contributed by atoms with Gasteiger partial charge in [-0.25, -0.2) is 4.79 Å². The molecule has 1 aromatic carbocycles. The second-order valence-electron chi connectivity index (χ2n) is 6.06. The summed E-state index contributed by atoms with van der Waals surface area (Å²) < 4.78 is 5.60. The topological polar surface area (TPSA) is 75.6 Å². The molecule has 1 saturated heterocycles. The van der Waals surface area contributed by atoms with E-state index in [4.69, 9.17) is 4.74 Å². The van der Waals surface area contributed by atoms with E-state index in [1.54, 1.807) is 0 Å². The van der Waals surface area contributed by atoms with Crippen LogP contribution < -0.4 is 5.32 Å². The van der Waals surface area contributed by atoms with Crippen molar-refractivity contribution in [1.82, 2.24) is 5.32 Å². The van der Waals surface area contributed by atoms with E-state index in [1.807, 2.05) is 44.2 Å². The van der Waals surface area contributed by atoms with Crippen LogP contribution in [-0.2, 0) is 20.7 Å². The molecule has 22 heavy (non-hydrogen) atoms. The normalized spacial score (nSPS) is 22.5. The summed E-state index contributed by atoms with van der Waals surface area (Å²) in [5.74, 6) is -1.27. The smallest absolute Gasteiger partial charge is 0.326 e. The quantitative estimate of drug-likeness (QED) is 0.841. The van der Waals surface area contributed by atoms with Gasteiger partial charge in [-0.3, -0.25) is 4.79 Å². The van der Waals surface area contributed by atoms with Crippen LogP contribution in [0.15, 0.2) is 30.3 Å². The van der Waals surface area contributed by atoms with Gasteiger partial charge in [-0.15, -0.1) is 0 Å². The number of carboxylic acids is 1. The Bertz CT molecular complexity index is 515. The molecule has 0 spiro atoms. The molecule has 1 amide bonds. The summed E-state index contributed by atoms with van der Waals surface area (Å²) in [6.07, 6.45) is 0.792. The van der Waals surface area contributed by atoms with Gasteiger partial charge in [0, 0.05) is 13.0 Å². The predicted molar refractivity (Wildman–Crippen MR) is 82.4 cm³/mol. The molecule has 2 rings (SSSR count). The number of hydrogen-bond donors (Lipinski definition) is 2. The zero-order chi connectivity index (χ0) is 16.1. The average molecular weight is 305 g/mol. The van der Waals surface area contributed by atoms with Crippen molar-refractivity contribution in [2.45, 2.75) is 38.8 Å². The van der Waals surface area contributed by atoms with Crippen molar-refractivity contribution in [3.05, 3.63) is 35.9 Å². The number of rotatable bonds is 6. The molecule has 0 aromatic heterocycles. The van der Waals surface area contributed by atoms with Crippen LogP contribution in [0, 0.1) is 11.8 Å². The lowest BCUT2D eigenvalue weighted by Gasteiger charge is -2.23. The summed E-state index contributed by atoms with van der Waals surface area (Å²) in [6, 6.07) is 8.39. The van der Waals surface area contributed by atoms with Crippen molar-refractivity contribution >= 4 is 11.9 Å². The van der Waals surface area contributed by atoms with Gasteiger partial charge in [0.15, 0.2) is 0 Å². The van der Waals surface area contributed by atoms with Crippen molar-refractivity contribution in [2.75, 3.05) is 6.61 Å². The zero-order valence-corrected chi connectivity index (χ0v) is 13.0. The first-order chi connectivity index (χ1) is 10.5. The number of hydrogen-bond acceptors (Lipinski definition) is 3. The number of benzene rings is 1. The maximum Gasteiger partial charge on any atom is 0.326 e. The first-order valence-electron chi connectivity index (χ1n) is 7.67. The van der Waals surface area contributed by atoms with Crippen molar-refractivity contribution in [2.24, 2.45) is 11.8 Å². The maximum absolute atomic E-state index is 12.4. The fourth-order valence-electron chi connectivity index (χ4n) is 2.88. The Morgan fingerprint density at radius 2 is 2.00 bits per heavy atom. The summed E-state index contributed by atoms with van der Waals surface area (Å²) >= 11 is 0. The third kappa shape index (κ3) is 4.07. The summed E-state index contributed by atoms with van der Waals surface area (Å²) in [4.78, 5) is 23.8. The number of carbonyl (C=O) groups is 2. The van der Waals surface area contributed by atoms with Gasteiger partial charge in [0.25, 0.3) is 0 Å². The predicted octanol–water partition coefficient (Wildman–Crippen LogP) is 1.86. The van der Waals surface area contributed by atoms with Crippen LogP contribution in [0.2, 0.25) is 0 Å². The molecule has 5 nitrogen and oxygen atoms in total. The third-order valence-corrected chi connectivity index (χ3v) is 4.03. The molecule has 1 aliphatic heterocycles. The highest BCUT2D eigenvalue weighted by molar-refractivity contribution is 5.85. The minimum atomic E-state index is -1.02. The first-order valence-corrected chi connectivity index (χ1v) is 7.67. The number of carboxylic acid groups (broad SMARTS) is 1. The number of ether oxygens (including phenoxy) is 1. The molecule has 2 unspecified atom stereocenters. The summed E-state index contributed by atoms with van der Waals surface area (Å²) in [5.41, 5.74) is 0.887. The highest BCUT2D eigenvalue weighted by Crippen LogP contribution is 2.27. The maximum atomic E-state index is 12.4. The molecule has 2 N–H and O–H groups in total. The molecule has 3 atom stereocenters. The van der Waals surface area contributed by atoms with Crippen LogP contribution in [0.4, 0.5) is 0 Å². The first kappa shape index (κ1) is 16.5. The van der Waals surface area contributed by atoms with E-state index < -0.39 is 12.0 Å². The largest absolute Gasteiger partial charge is 0.480 e.